The van der Waals surface area contributed by atoms with Crippen LogP contribution in [-0.4, -0.2) is 26.7 Å². The Hall–Kier alpha value is -3.90. The Labute approximate surface area is 193 Å². The molecule has 0 unspecified atom stereocenters. The molecule has 0 amide bonds. The molecule has 0 aliphatic heterocycles. The van der Waals surface area contributed by atoms with Crippen LogP contribution in [0.5, 0.6) is 5.75 Å². The third kappa shape index (κ3) is 4.01. The van der Waals surface area contributed by atoms with Gasteiger partial charge in [-0.05, 0) is 37.4 Å². The van der Waals surface area contributed by atoms with Crippen molar-refractivity contribution >= 4 is 10.8 Å². The van der Waals surface area contributed by atoms with E-state index in [1.54, 1.807) is 7.11 Å². The summed E-state index contributed by atoms with van der Waals surface area (Å²) in [5.74, 6) is 0.796. The zero-order valence-corrected chi connectivity index (χ0v) is 19.1. The Kier molecular flexibility index (Phi) is 5.67. The lowest BCUT2D eigenvalue weighted by Crippen LogP contribution is -2.18. The highest BCUT2D eigenvalue weighted by Crippen LogP contribution is 2.26. The molecule has 1 N–H and O–H groups in total. The van der Waals surface area contributed by atoms with Gasteiger partial charge in [0.25, 0.3) is 0 Å². The molecule has 0 aliphatic carbocycles. The fourth-order valence-corrected chi connectivity index (χ4v) is 4.27. The van der Waals surface area contributed by atoms with Crippen LogP contribution >= 0.6 is 0 Å². The Morgan fingerprint density at radius 2 is 1.67 bits per heavy atom. The van der Waals surface area contributed by atoms with Crippen LogP contribution in [0.3, 0.4) is 0 Å². The summed E-state index contributed by atoms with van der Waals surface area (Å²) < 4.78 is 9.35. The highest BCUT2D eigenvalue weighted by atomic mass is 16.5. The lowest BCUT2D eigenvalue weighted by atomic mass is 10.1. The third-order valence-corrected chi connectivity index (χ3v) is 6.09. The molecule has 0 aliphatic rings. The lowest BCUT2D eigenvalue weighted by molar-refractivity contribution is 0.411. The van der Waals surface area contributed by atoms with Crippen LogP contribution in [0.2, 0.25) is 0 Å². The Morgan fingerprint density at radius 3 is 2.55 bits per heavy atom. The molecule has 33 heavy (non-hydrogen) atoms. The number of hydrogen-bond acceptors (Lipinski definition) is 4. The molecule has 2 heterocycles. The molecular formula is C27H27N5O. The number of aromatic nitrogens is 4. The summed E-state index contributed by atoms with van der Waals surface area (Å²) in [6.45, 7) is 5.00. The number of ether oxygens (including phenoxy) is 1. The second-order valence-corrected chi connectivity index (χ2v) is 8.16. The summed E-state index contributed by atoms with van der Waals surface area (Å²) in [6.07, 6.45) is 5.88. The fraction of sp³-hybridized carbons (Fsp3) is 0.185. The van der Waals surface area contributed by atoms with Crippen molar-refractivity contribution in [3.63, 3.8) is 0 Å². The molecule has 0 fully saturated rings. The molecule has 0 bridgehead atoms. The maximum absolute atomic E-state index is 5.46. The van der Waals surface area contributed by atoms with Gasteiger partial charge in [0.1, 0.15) is 11.4 Å². The number of fused-ring (bicyclic) bond motifs is 1. The van der Waals surface area contributed by atoms with Gasteiger partial charge in [0.15, 0.2) is 0 Å². The molecule has 1 atom stereocenters. The number of benzene rings is 3. The van der Waals surface area contributed by atoms with Crippen LogP contribution in [0.15, 0.2) is 85.3 Å². The summed E-state index contributed by atoms with van der Waals surface area (Å²) in [6, 6.07) is 22.8. The first kappa shape index (κ1) is 21.0. The van der Waals surface area contributed by atoms with E-state index < -0.39 is 0 Å². The summed E-state index contributed by atoms with van der Waals surface area (Å²) in [5, 5.41) is 15.3. The third-order valence-electron chi connectivity index (χ3n) is 6.09. The number of rotatable bonds is 7. The summed E-state index contributed by atoms with van der Waals surface area (Å²) >= 11 is 0. The van der Waals surface area contributed by atoms with E-state index in [1.165, 1.54) is 16.3 Å². The molecular weight excluding hydrogens is 410 g/mol. The topological polar surface area (TPSA) is 56.9 Å². The van der Waals surface area contributed by atoms with Crippen LogP contribution in [-0.2, 0) is 6.54 Å². The van der Waals surface area contributed by atoms with Crippen LogP contribution in [0.1, 0.15) is 29.8 Å². The molecule has 166 valence electrons. The Balaban J connectivity index is 1.33. The van der Waals surface area contributed by atoms with Crippen molar-refractivity contribution in [1.82, 2.24) is 24.9 Å². The number of nitrogens with one attached hydrogen (secondary N) is 1. The van der Waals surface area contributed by atoms with Gasteiger partial charge in [-0.1, -0.05) is 48.5 Å². The molecule has 0 radical (unpaired) electrons. The highest BCUT2D eigenvalue weighted by molar-refractivity contribution is 5.90. The van der Waals surface area contributed by atoms with Gasteiger partial charge in [0.05, 0.1) is 25.2 Å². The van der Waals surface area contributed by atoms with Crippen molar-refractivity contribution in [1.29, 1.82) is 0 Å². The predicted molar refractivity (Wildman–Crippen MR) is 131 cm³/mol. The molecule has 6 nitrogen and oxygen atoms in total. The van der Waals surface area contributed by atoms with E-state index in [1.807, 2.05) is 52.2 Å². The SMILES string of the molecule is COc1ccccc1-n1cc(CN[C@@H](C)c2cnn(-c3cccc4ccccc34)c2C)cn1. The van der Waals surface area contributed by atoms with E-state index in [0.29, 0.717) is 6.54 Å². The van der Waals surface area contributed by atoms with Crippen molar-refractivity contribution in [2.24, 2.45) is 0 Å². The van der Waals surface area contributed by atoms with Crippen LogP contribution in [0.25, 0.3) is 22.1 Å². The summed E-state index contributed by atoms with van der Waals surface area (Å²) in [4.78, 5) is 0. The number of methoxy groups -OCH3 is 1. The molecule has 0 spiro atoms. The zero-order chi connectivity index (χ0) is 22.8. The van der Waals surface area contributed by atoms with Crippen LogP contribution < -0.4 is 10.1 Å². The van der Waals surface area contributed by atoms with Gasteiger partial charge in [-0.15, -0.1) is 0 Å². The van der Waals surface area contributed by atoms with Gasteiger partial charge < -0.3 is 10.1 Å². The second kappa shape index (κ2) is 8.92. The van der Waals surface area contributed by atoms with E-state index in [-0.39, 0.29) is 6.04 Å². The standard InChI is InChI=1S/C27H27N5O/c1-19(28-15-21-16-29-31(18-21)26-12-6-7-14-27(26)33-3)24-17-30-32(20(24)2)25-13-8-10-22-9-4-5-11-23(22)25/h4-14,16-19,28H,15H2,1-3H3/t19-/m0/s1. The van der Waals surface area contributed by atoms with Gasteiger partial charge in [-0.3, -0.25) is 0 Å². The molecule has 3 aromatic carbocycles. The second-order valence-electron chi connectivity index (χ2n) is 8.16. The molecule has 5 aromatic rings. The minimum absolute atomic E-state index is 0.142. The first-order chi connectivity index (χ1) is 16.2. The van der Waals surface area contributed by atoms with E-state index in [4.69, 9.17) is 9.84 Å². The van der Waals surface area contributed by atoms with Crippen LogP contribution in [0, 0.1) is 6.92 Å². The van der Waals surface area contributed by atoms with E-state index >= 15 is 0 Å². The number of nitrogens with zero attached hydrogens (tertiary/aromatic N) is 4. The number of hydrogen-bond donors (Lipinski definition) is 1. The van der Waals surface area contributed by atoms with Crippen molar-refractivity contribution < 1.29 is 4.74 Å². The van der Waals surface area contributed by atoms with Crippen molar-refractivity contribution in [3.8, 4) is 17.1 Å². The monoisotopic (exact) mass is 437 g/mol. The average Bonchev–Trinajstić information content (AvgIpc) is 3.49. The van der Waals surface area contributed by atoms with Gasteiger partial charge in [0, 0.05) is 41.0 Å². The summed E-state index contributed by atoms with van der Waals surface area (Å²) in [5.41, 5.74) is 5.44. The normalized spacial score (nSPS) is 12.2. The predicted octanol–water partition coefficient (Wildman–Crippen LogP) is 5.38. The van der Waals surface area contributed by atoms with Gasteiger partial charge in [0.2, 0.25) is 0 Å². The molecule has 2 aromatic heterocycles. The molecule has 0 saturated heterocycles. The number of para-hydroxylation sites is 2. The maximum Gasteiger partial charge on any atom is 0.144 e. The highest BCUT2D eigenvalue weighted by Gasteiger charge is 2.16. The Morgan fingerprint density at radius 1 is 0.909 bits per heavy atom. The summed E-state index contributed by atoms with van der Waals surface area (Å²) in [7, 11) is 1.67. The fourth-order valence-electron chi connectivity index (χ4n) is 4.27. The first-order valence-corrected chi connectivity index (χ1v) is 11.1. The minimum Gasteiger partial charge on any atom is -0.494 e. The van der Waals surface area contributed by atoms with Crippen LogP contribution in [0.4, 0.5) is 0 Å². The molecule has 5 rings (SSSR count). The van der Waals surface area contributed by atoms with Crippen molar-refractivity contribution in [2.45, 2.75) is 26.4 Å². The van der Waals surface area contributed by atoms with E-state index in [2.05, 4.69) is 66.7 Å². The first-order valence-electron chi connectivity index (χ1n) is 11.1. The smallest absolute Gasteiger partial charge is 0.144 e. The Bertz CT molecular complexity index is 1400. The lowest BCUT2D eigenvalue weighted by Gasteiger charge is -2.14. The largest absolute Gasteiger partial charge is 0.494 e. The maximum atomic E-state index is 5.46. The molecule has 0 saturated carbocycles. The van der Waals surface area contributed by atoms with Gasteiger partial charge in [-0.25, -0.2) is 9.36 Å². The average molecular weight is 438 g/mol. The van der Waals surface area contributed by atoms with Gasteiger partial charge in [-0.2, -0.15) is 10.2 Å². The van der Waals surface area contributed by atoms with Crippen molar-refractivity contribution in [2.75, 3.05) is 7.11 Å². The zero-order valence-electron chi connectivity index (χ0n) is 19.1. The minimum atomic E-state index is 0.142. The van der Waals surface area contributed by atoms with Gasteiger partial charge >= 0.3 is 0 Å². The quantitative estimate of drug-likeness (QED) is 0.371. The van der Waals surface area contributed by atoms with E-state index in [9.17, 15) is 0 Å². The molecule has 6 heteroatoms. The van der Waals surface area contributed by atoms with E-state index in [0.717, 1.165) is 28.4 Å². The van der Waals surface area contributed by atoms with Crippen molar-refractivity contribution in [3.05, 3.63) is 102 Å².